The molecule has 0 bridgehead atoms. The average Bonchev–Trinajstić information content (AvgIpc) is 2.87. The molecule has 0 saturated carbocycles. The van der Waals surface area contributed by atoms with Gasteiger partial charge in [0.05, 0.1) is 0 Å². The molecule has 0 aliphatic carbocycles. The van der Waals surface area contributed by atoms with Gasteiger partial charge in [-0.05, 0) is 0 Å². The fourth-order valence-corrected chi connectivity index (χ4v) is 8.63. The van der Waals surface area contributed by atoms with Crippen LogP contribution in [0.5, 0.6) is 0 Å². The van der Waals surface area contributed by atoms with Crippen LogP contribution in [-0.4, -0.2) is 14.7 Å². The molecule has 31 heavy (non-hydrogen) atoms. The van der Waals surface area contributed by atoms with E-state index >= 15 is 0 Å². The molecule has 5 rings (SSSR count). The average molecular weight is 458 g/mol. The van der Waals surface area contributed by atoms with Crippen molar-refractivity contribution in [3.8, 4) is 22.3 Å². The number of benzene rings is 5. The van der Waals surface area contributed by atoms with Crippen molar-refractivity contribution >= 4 is 27.7 Å². The summed E-state index contributed by atoms with van der Waals surface area (Å²) < 4.78 is 4.35. The molecule has 5 aromatic rings. The van der Waals surface area contributed by atoms with E-state index in [4.69, 9.17) is 0 Å². The molecule has 0 spiro atoms. The topological polar surface area (TPSA) is 0 Å². The zero-order valence-corrected chi connectivity index (χ0v) is 19.1. The predicted molar refractivity (Wildman–Crippen MR) is 135 cm³/mol. The molecule has 0 unspecified atom stereocenters. The van der Waals surface area contributed by atoms with Crippen LogP contribution in [0.25, 0.3) is 22.3 Å². The molecule has 0 amide bonds. The van der Waals surface area contributed by atoms with Gasteiger partial charge in [-0.25, -0.2) is 0 Å². The van der Waals surface area contributed by atoms with E-state index < -0.39 is 14.7 Å². The van der Waals surface area contributed by atoms with Gasteiger partial charge in [-0.15, -0.1) is 0 Å². The molecule has 148 valence electrons. The summed E-state index contributed by atoms with van der Waals surface area (Å²) in [6, 6.07) is 50.6. The maximum absolute atomic E-state index is 2.33. The minimum absolute atomic E-state index is 1.26. The fraction of sp³-hybridized carbons (Fsp3) is 0. The summed E-state index contributed by atoms with van der Waals surface area (Å²) in [5.74, 6) is 0. The second kappa shape index (κ2) is 9.21. The Labute approximate surface area is 189 Å². The van der Waals surface area contributed by atoms with Crippen molar-refractivity contribution in [2.24, 2.45) is 0 Å². The van der Waals surface area contributed by atoms with Gasteiger partial charge in [0.2, 0.25) is 0 Å². The third kappa shape index (κ3) is 4.41. The van der Waals surface area contributed by atoms with Crippen molar-refractivity contribution in [1.82, 2.24) is 0 Å². The molecule has 0 atom stereocenters. The molecular formula is C30H23As. The molecule has 0 aliphatic heterocycles. The predicted octanol–water partition coefficient (Wildman–Crippen LogP) is 5.54. The summed E-state index contributed by atoms with van der Waals surface area (Å²) in [7, 11) is 0. The van der Waals surface area contributed by atoms with Crippen LogP contribution in [0, 0.1) is 0 Å². The van der Waals surface area contributed by atoms with Gasteiger partial charge >= 0.3 is 189 Å². The van der Waals surface area contributed by atoms with Crippen LogP contribution in [0.2, 0.25) is 0 Å². The van der Waals surface area contributed by atoms with Gasteiger partial charge in [0, 0.05) is 0 Å². The number of hydrogen-bond donors (Lipinski definition) is 0. The minimum atomic E-state index is -1.62. The first kappa shape index (κ1) is 19.6. The summed E-state index contributed by atoms with van der Waals surface area (Å²) in [5, 5.41) is 0. The van der Waals surface area contributed by atoms with E-state index in [1.165, 1.54) is 35.3 Å². The summed E-state index contributed by atoms with van der Waals surface area (Å²) in [4.78, 5) is 0. The molecule has 1 heteroatoms. The third-order valence-corrected chi connectivity index (χ3v) is 10.6. The van der Waals surface area contributed by atoms with Crippen LogP contribution in [0.1, 0.15) is 0 Å². The van der Waals surface area contributed by atoms with Gasteiger partial charge in [-0.2, -0.15) is 0 Å². The van der Waals surface area contributed by atoms with Gasteiger partial charge < -0.3 is 0 Å². The van der Waals surface area contributed by atoms with Crippen molar-refractivity contribution in [3.63, 3.8) is 0 Å². The molecule has 5 aromatic carbocycles. The second-order valence-corrected chi connectivity index (χ2v) is 12.2. The van der Waals surface area contributed by atoms with Crippen LogP contribution in [-0.2, 0) is 0 Å². The summed E-state index contributed by atoms with van der Waals surface area (Å²) in [5.41, 5.74) is 5.07. The fourth-order valence-electron chi connectivity index (χ4n) is 3.89. The molecule has 0 N–H and O–H groups in total. The molecular weight excluding hydrogens is 435 g/mol. The van der Waals surface area contributed by atoms with E-state index in [-0.39, 0.29) is 0 Å². The Hall–Kier alpha value is -3.34. The third-order valence-electron chi connectivity index (χ3n) is 5.48. The molecule has 0 radical (unpaired) electrons. The van der Waals surface area contributed by atoms with Crippen molar-refractivity contribution in [2.75, 3.05) is 0 Å². The molecule has 0 nitrogen and oxygen atoms in total. The van der Waals surface area contributed by atoms with Crippen molar-refractivity contribution in [2.45, 2.75) is 0 Å². The standard InChI is InChI=1S/C30H23As/c1-4-10-24(11-5-1)26-16-20-29(21-17-26)31(28-14-8-3-9-15-28)30-22-18-27(19-23-30)25-12-6-2-7-13-25/h1-23H. The number of rotatable bonds is 5. The normalized spacial score (nSPS) is 10.9. The van der Waals surface area contributed by atoms with Crippen LogP contribution in [0.4, 0.5) is 0 Å². The first-order chi connectivity index (χ1) is 15.4. The van der Waals surface area contributed by atoms with Crippen LogP contribution in [0.15, 0.2) is 140 Å². The van der Waals surface area contributed by atoms with Crippen LogP contribution < -0.4 is 13.1 Å². The second-order valence-electron chi connectivity index (χ2n) is 7.50. The van der Waals surface area contributed by atoms with Gasteiger partial charge in [0.1, 0.15) is 0 Å². The first-order valence-electron chi connectivity index (χ1n) is 10.5. The van der Waals surface area contributed by atoms with E-state index in [1.807, 2.05) is 0 Å². The SMILES string of the molecule is c1ccc(-c2ccc([As](c3ccccc3)c3ccc(-c4ccccc4)cc3)cc2)cc1. The molecule has 0 saturated heterocycles. The van der Waals surface area contributed by atoms with E-state index in [0.29, 0.717) is 0 Å². The van der Waals surface area contributed by atoms with Gasteiger partial charge in [-0.3, -0.25) is 0 Å². The Balaban J connectivity index is 1.52. The van der Waals surface area contributed by atoms with Gasteiger partial charge in [0.25, 0.3) is 0 Å². The van der Waals surface area contributed by atoms with Crippen LogP contribution in [0.3, 0.4) is 0 Å². The Morgan fingerprint density at radius 3 is 0.935 bits per heavy atom. The quantitative estimate of drug-likeness (QED) is 0.304. The van der Waals surface area contributed by atoms with Crippen molar-refractivity contribution in [3.05, 3.63) is 140 Å². The summed E-state index contributed by atoms with van der Waals surface area (Å²) in [6.45, 7) is 0. The Bertz CT molecular complexity index is 1140. The molecule has 0 aromatic heterocycles. The first-order valence-corrected chi connectivity index (χ1v) is 13.4. The van der Waals surface area contributed by atoms with Crippen molar-refractivity contribution < 1.29 is 0 Å². The number of hydrogen-bond acceptors (Lipinski definition) is 0. The molecule has 0 heterocycles. The maximum atomic E-state index is 2.33. The zero-order valence-electron chi connectivity index (χ0n) is 17.2. The summed E-state index contributed by atoms with van der Waals surface area (Å²) >= 11 is -1.62. The molecule has 0 aliphatic rings. The summed E-state index contributed by atoms with van der Waals surface area (Å²) in [6.07, 6.45) is 0. The Morgan fingerprint density at radius 2 is 0.548 bits per heavy atom. The van der Waals surface area contributed by atoms with E-state index in [0.717, 1.165) is 0 Å². The van der Waals surface area contributed by atoms with E-state index in [2.05, 4.69) is 140 Å². The van der Waals surface area contributed by atoms with E-state index in [9.17, 15) is 0 Å². The van der Waals surface area contributed by atoms with E-state index in [1.54, 1.807) is 0 Å². The van der Waals surface area contributed by atoms with Crippen LogP contribution >= 0.6 is 0 Å². The molecule has 0 fully saturated rings. The van der Waals surface area contributed by atoms with Gasteiger partial charge in [-0.1, -0.05) is 0 Å². The van der Waals surface area contributed by atoms with Gasteiger partial charge in [0.15, 0.2) is 0 Å². The zero-order chi connectivity index (χ0) is 20.9. The van der Waals surface area contributed by atoms with Crippen molar-refractivity contribution in [1.29, 1.82) is 0 Å². The Morgan fingerprint density at radius 1 is 0.258 bits per heavy atom. The Kier molecular flexibility index (Phi) is 5.83. The monoisotopic (exact) mass is 458 g/mol.